The van der Waals surface area contributed by atoms with Crippen LogP contribution in [0.2, 0.25) is 0 Å². The highest BCUT2D eigenvalue weighted by Gasteiger charge is 2.21. The summed E-state index contributed by atoms with van der Waals surface area (Å²) in [7, 11) is 0. The van der Waals surface area contributed by atoms with Crippen LogP contribution in [0, 0.1) is 0 Å². The molecule has 1 atom stereocenters. The van der Waals surface area contributed by atoms with Crippen LogP contribution in [0.3, 0.4) is 0 Å². The van der Waals surface area contributed by atoms with E-state index in [1.165, 1.54) is 10.5 Å². The van der Waals surface area contributed by atoms with Gasteiger partial charge in [-0.05, 0) is 24.0 Å². The molecule has 0 saturated carbocycles. The summed E-state index contributed by atoms with van der Waals surface area (Å²) in [5.74, 6) is 0. The summed E-state index contributed by atoms with van der Waals surface area (Å²) >= 11 is 1.76. The van der Waals surface area contributed by atoms with Crippen LogP contribution < -0.4 is 0 Å². The minimum atomic E-state index is 0.261. The topological polar surface area (TPSA) is 27.1 Å². The molecule has 1 aliphatic heterocycles. The van der Waals surface area contributed by atoms with Crippen LogP contribution in [0.25, 0.3) is 0 Å². The maximum absolute atomic E-state index is 5.61. The molecule has 3 rings (SSSR count). The van der Waals surface area contributed by atoms with E-state index in [9.17, 15) is 0 Å². The molecule has 4 heteroatoms. The number of imidazole rings is 1. The Morgan fingerprint density at radius 3 is 2.94 bits per heavy atom. The van der Waals surface area contributed by atoms with E-state index < -0.39 is 0 Å². The summed E-state index contributed by atoms with van der Waals surface area (Å²) in [5.41, 5.74) is 2.43. The third-order valence-electron chi connectivity index (χ3n) is 3.11. The first-order valence-corrected chi connectivity index (χ1v) is 6.83. The largest absolute Gasteiger partial charge is 0.373 e. The number of benzene rings is 1. The quantitative estimate of drug-likeness (QED) is 0.762. The van der Waals surface area contributed by atoms with Crippen molar-refractivity contribution in [3.8, 4) is 0 Å². The van der Waals surface area contributed by atoms with Crippen molar-refractivity contribution in [1.29, 1.82) is 0 Å². The van der Waals surface area contributed by atoms with Crippen LogP contribution in [0.15, 0.2) is 41.7 Å². The third kappa shape index (κ3) is 1.98. The Labute approximate surface area is 105 Å². The van der Waals surface area contributed by atoms with Gasteiger partial charge in [0.15, 0.2) is 0 Å². The number of aromatic nitrogens is 2. The number of rotatable bonds is 2. The molecule has 0 amide bonds. The zero-order valence-corrected chi connectivity index (χ0v) is 10.5. The van der Waals surface area contributed by atoms with Crippen molar-refractivity contribution in [2.45, 2.75) is 17.5 Å². The molecule has 0 bridgehead atoms. The second-order valence-electron chi connectivity index (χ2n) is 4.10. The summed E-state index contributed by atoms with van der Waals surface area (Å²) in [4.78, 5) is 5.48. The van der Waals surface area contributed by atoms with Crippen molar-refractivity contribution >= 4 is 11.8 Å². The molecular weight excluding hydrogens is 232 g/mol. The lowest BCUT2D eigenvalue weighted by Gasteiger charge is -2.26. The highest BCUT2D eigenvalue weighted by Crippen LogP contribution is 2.26. The molecule has 0 saturated heterocycles. The highest BCUT2D eigenvalue weighted by molar-refractivity contribution is 7.98. The first kappa shape index (κ1) is 10.9. The molecular formula is C13H14N2OS. The van der Waals surface area contributed by atoms with E-state index in [4.69, 9.17) is 4.74 Å². The molecule has 2 aromatic rings. The first-order valence-electron chi connectivity index (χ1n) is 5.61. The molecule has 0 aliphatic carbocycles. The first-order chi connectivity index (χ1) is 8.38. The summed E-state index contributed by atoms with van der Waals surface area (Å²) in [6, 6.07) is 8.93. The van der Waals surface area contributed by atoms with Crippen molar-refractivity contribution in [2.24, 2.45) is 0 Å². The van der Waals surface area contributed by atoms with E-state index in [0.717, 1.165) is 12.3 Å². The second kappa shape index (κ2) is 4.55. The summed E-state index contributed by atoms with van der Waals surface area (Å²) in [6.45, 7) is 1.39. The SMILES string of the molecule is CSc1ccc(C2COCc3cncn32)cc1. The summed E-state index contributed by atoms with van der Waals surface area (Å²) in [6.07, 6.45) is 5.86. The predicted molar refractivity (Wildman–Crippen MR) is 68.2 cm³/mol. The number of ether oxygens (including phenoxy) is 1. The minimum Gasteiger partial charge on any atom is -0.373 e. The zero-order valence-electron chi connectivity index (χ0n) is 9.67. The van der Waals surface area contributed by atoms with Gasteiger partial charge in [0.1, 0.15) is 0 Å². The fourth-order valence-electron chi connectivity index (χ4n) is 2.16. The van der Waals surface area contributed by atoms with Gasteiger partial charge in [0.25, 0.3) is 0 Å². The normalized spacial score (nSPS) is 19.0. The Kier molecular flexibility index (Phi) is 2.91. The van der Waals surface area contributed by atoms with Gasteiger partial charge in [-0.25, -0.2) is 4.98 Å². The van der Waals surface area contributed by atoms with Gasteiger partial charge < -0.3 is 9.30 Å². The van der Waals surface area contributed by atoms with E-state index in [-0.39, 0.29) is 6.04 Å². The number of thioether (sulfide) groups is 1. The number of fused-ring (bicyclic) bond motifs is 1. The average Bonchev–Trinajstić information content (AvgIpc) is 2.87. The Morgan fingerprint density at radius 1 is 1.35 bits per heavy atom. The molecule has 1 aliphatic rings. The standard InChI is InChI=1S/C13H14N2OS/c1-17-12-4-2-10(3-5-12)13-8-16-7-11-6-14-9-15(11)13/h2-6,9,13H,7-8H2,1H3. The Morgan fingerprint density at radius 2 is 2.18 bits per heavy atom. The fraction of sp³-hybridized carbons (Fsp3) is 0.308. The predicted octanol–water partition coefficient (Wildman–Crippen LogP) is 2.72. The van der Waals surface area contributed by atoms with Crippen LogP contribution in [-0.4, -0.2) is 22.4 Å². The summed E-state index contributed by atoms with van der Waals surface area (Å²) in [5, 5.41) is 0. The lowest BCUT2D eigenvalue weighted by molar-refractivity contribution is 0.0695. The van der Waals surface area contributed by atoms with Gasteiger partial charge in [-0.1, -0.05) is 12.1 Å². The second-order valence-corrected chi connectivity index (χ2v) is 4.98. The van der Waals surface area contributed by atoms with Gasteiger partial charge in [0.2, 0.25) is 0 Å². The van der Waals surface area contributed by atoms with E-state index >= 15 is 0 Å². The molecule has 2 heterocycles. The minimum absolute atomic E-state index is 0.261. The molecule has 1 aromatic carbocycles. The molecule has 0 radical (unpaired) electrons. The fourth-order valence-corrected chi connectivity index (χ4v) is 2.57. The van der Waals surface area contributed by atoms with Crippen molar-refractivity contribution in [3.63, 3.8) is 0 Å². The van der Waals surface area contributed by atoms with Crippen LogP contribution in [0.4, 0.5) is 0 Å². The van der Waals surface area contributed by atoms with E-state index in [1.54, 1.807) is 11.8 Å². The van der Waals surface area contributed by atoms with Gasteiger partial charge in [0, 0.05) is 4.90 Å². The highest BCUT2D eigenvalue weighted by atomic mass is 32.2. The molecule has 3 nitrogen and oxygen atoms in total. The van der Waals surface area contributed by atoms with Gasteiger partial charge >= 0.3 is 0 Å². The molecule has 88 valence electrons. The van der Waals surface area contributed by atoms with E-state index in [0.29, 0.717) is 6.61 Å². The lowest BCUT2D eigenvalue weighted by atomic mass is 10.1. The molecule has 0 N–H and O–H groups in total. The van der Waals surface area contributed by atoms with Crippen molar-refractivity contribution in [1.82, 2.24) is 9.55 Å². The number of nitrogens with zero attached hydrogens (tertiary/aromatic N) is 2. The Bertz CT molecular complexity index is 506. The Hall–Kier alpha value is -1.26. The van der Waals surface area contributed by atoms with Crippen LogP contribution >= 0.6 is 11.8 Å². The van der Waals surface area contributed by atoms with Crippen molar-refractivity contribution < 1.29 is 4.74 Å². The smallest absolute Gasteiger partial charge is 0.0955 e. The Balaban J connectivity index is 1.95. The average molecular weight is 246 g/mol. The number of hydrogen-bond donors (Lipinski definition) is 0. The molecule has 0 spiro atoms. The lowest BCUT2D eigenvalue weighted by Crippen LogP contribution is -2.23. The van der Waals surface area contributed by atoms with E-state index in [2.05, 4.69) is 40.1 Å². The van der Waals surface area contributed by atoms with Gasteiger partial charge in [-0.3, -0.25) is 0 Å². The van der Waals surface area contributed by atoms with Gasteiger partial charge in [-0.2, -0.15) is 0 Å². The van der Waals surface area contributed by atoms with Crippen molar-refractivity contribution in [2.75, 3.05) is 12.9 Å². The monoisotopic (exact) mass is 246 g/mol. The van der Waals surface area contributed by atoms with Crippen LogP contribution in [0.5, 0.6) is 0 Å². The van der Waals surface area contributed by atoms with Crippen LogP contribution in [-0.2, 0) is 11.3 Å². The number of hydrogen-bond acceptors (Lipinski definition) is 3. The molecule has 0 fully saturated rings. The molecule has 1 aromatic heterocycles. The molecule has 17 heavy (non-hydrogen) atoms. The maximum Gasteiger partial charge on any atom is 0.0955 e. The van der Waals surface area contributed by atoms with Gasteiger partial charge in [0.05, 0.1) is 37.5 Å². The van der Waals surface area contributed by atoms with Crippen molar-refractivity contribution in [3.05, 3.63) is 48.0 Å². The maximum atomic E-state index is 5.61. The zero-order chi connectivity index (χ0) is 11.7. The van der Waals surface area contributed by atoms with E-state index in [1.807, 2.05) is 12.5 Å². The third-order valence-corrected chi connectivity index (χ3v) is 3.85. The summed E-state index contributed by atoms with van der Waals surface area (Å²) < 4.78 is 7.82. The molecule has 1 unspecified atom stereocenters. The van der Waals surface area contributed by atoms with Gasteiger partial charge in [-0.15, -0.1) is 11.8 Å². The van der Waals surface area contributed by atoms with Crippen LogP contribution in [0.1, 0.15) is 17.3 Å².